The number of fused-ring (bicyclic) bond motifs is 1. The van der Waals surface area contributed by atoms with E-state index in [0.717, 1.165) is 5.56 Å². The van der Waals surface area contributed by atoms with Gasteiger partial charge in [-0.25, -0.2) is 5.10 Å². The van der Waals surface area contributed by atoms with Gasteiger partial charge in [0.25, 0.3) is 5.91 Å². The molecule has 0 saturated heterocycles. The number of rotatable bonds is 5. The second kappa shape index (κ2) is 6.96. The molecule has 0 spiro atoms. The minimum absolute atomic E-state index is 0.196. The predicted molar refractivity (Wildman–Crippen MR) is 97.3 cm³/mol. The van der Waals surface area contributed by atoms with Gasteiger partial charge in [0.2, 0.25) is 17.9 Å². The van der Waals surface area contributed by atoms with Crippen molar-refractivity contribution in [3.63, 3.8) is 0 Å². The maximum absolute atomic E-state index is 12.5. The molecule has 0 radical (unpaired) electrons. The van der Waals surface area contributed by atoms with Gasteiger partial charge in [-0.15, -0.1) is 5.10 Å². The van der Waals surface area contributed by atoms with Crippen molar-refractivity contribution in [2.24, 2.45) is 0 Å². The number of H-pyrrole nitrogens is 1. The number of nitrogens with one attached hydrogen (secondary N) is 2. The van der Waals surface area contributed by atoms with Crippen LogP contribution in [0, 0.1) is 0 Å². The lowest BCUT2D eigenvalue weighted by molar-refractivity contribution is 0.102. The number of nitrogens with zero attached hydrogens (tertiary/aromatic N) is 2. The number of anilines is 2. The maximum Gasteiger partial charge on any atom is 0.255 e. The van der Waals surface area contributed by atoms with Crippen molar-refractivity contribution in [3.8, 4) is 11.5 Å². The molecule has 0 unspecified atom stereocenters. The summed E-state index contributed by atoms with van der Waals surface area (Å²) >= 11 is 1.44. The zero-order valence-electron chi connectivity index (χ0n) is 13.6. The number of carbonyl (C=O) groups is 1. The van der Waals surface area contributed by atoms with Gasteiger partial charge in [-0.3, -0.25) is 4.79 Å². The Hall–Kier alpha value is -3.20. The summed E-state index contributed by atoms with van der Waals surface area (Å²) in [6, 6.07) is 12.7. The highest BCUT2D eigenvalue weighted by atomic mass is 32.2. The Balaban J connectivity index is 1.43. The van der Waals surface area contributed by atoms with Crippen molar-refractivity contribution in [3.05, 3.63) is 53.6 Å². The fourth-order valence-electron chi connectivity index (χ4n) is 2.45. The monoisotopic (exact) mass is 369 g/mol. The number of aromatic nitrogens is 3. The molecule has 26 heavy (non-hydrogen) atoms. The van der Waals surface area contributed by atoms with Gasteiger partial charge < -0.3 is 20.5 Å². The number of nitrogens with two attached hydrogens (primary N) is 1. The summed E-state index contributed by atoms with van der Waals surface area (Å²) in [7, 11) is 0. The fraction of sp³-hybridized carbons (Fsp3) is 0.118. The first-order valence-corrected chi connectivity index (χ1v) is 8.76. The van der Waals surface area contributed by atoms with Crippen LogP contribution in [0.5, 0.6) is 11.5 Å². The third kappa shape index (κ3) is 3.57. The van der Waals surface area contributed by atoms with E-state index in [-0.39, 0.29) is 18.6 Å². The number of aromatic amines is 1. The van der Waals surface area contributed by atoms with E-state index in [2.05, 4.69) is 20.5 Å². The lowest BCUT2D eigenvalue weighted by atomic mass is 10.1. The molecule has 132 valence electrons. The number of carbonyl (C=O) groups excluding carboxylic acids is 1. The van der Waals surface area contributed by atoms with Crippen molar-refractivity contribution in [2.75, 3.05) is 17.8 Å². The number of benzene rings is 2. The third-order valence-corrected chi connectivity index (χ3v) is 4.59. The molecule has 8 nitrogen and oxygen atoms in total. The van der Waals surface area contributed by atoms with Crippen molar-refractivity contribution >= 4 is 29.3 Å². The van der Waals surface area contributed by atoms with E-state index < -0.39 is 0 Å². The topological polar surface area (TPSA) is 115 Å². The maximum atomic E-state index is 12.5. The predicted octanol–water partition coefficient (Wildman–Crippen LogP) is 2.66. The molecule has 2 aromatic carbocycles. The first-order chi connectivity index (χ1) is 12.7. The molecule has 0 saturated carbocycles. The molecule has 4 rings (SSSR count). The number of hydrogen-bond donors (Lipinski definition) is 3. The Morgan fingerprint density at radius 1 is 1.23 bits per heavy atom. The summed E-state index contributed by atoms with van der Waals surface area (Å²) in [5, 5.41) is 10.00. The van der Waals surface area contributed by atoms with Gasteiger partial charge in [-0.2, -0.15) is 4.98 Å². The molecule has 1 aliphatic heterocycles. The molecule has 9 heteroatoms. The lowest BCUT2D eigenvalue weighted by Gasteiger charge is -2.07. The van der Waals surface area contributed by atoms with Crippen LogP contribution in [0.15, 0.2) is 47.6 Å². The molecule has 0 bridgehead atoms. The van der Waals surface area contributed by atoms with E-state index in [1.807, 2.05) is 18.2 Å². The van der Waals surface area contributed by atoms with Gasteiger partial charge >= 0.3 is 0 Å². The molecule has 1 aromatic heterocycles. The molecular weight excluding hydrogens is 354 g/mol. The second-order valence-corrected chi connectivity index (χ2v) is 6.46. The molecule has 1 aliphatic rings. The first-order valence-electron chi connectivity index (χ1n) is 7.78. The fourth-order valence-corrected chi connectivity index (χ4v) is 3.20. The van der Waals surface area contributed by atoms with Crippen LogP contribution in [0.25, 0.3) is 0 Å². The molecule has 0 aliphatic carbocycles. The van der Waals surface area contributed by atoms with Gasteiger partial charge in [0.1, 0.15) is 0 Å². The number of amides is 1. The molecule has 2 heterocycles. The van der Waals surface area contributed by atoms with Crippen LogP contribution in [-0.2, 0) is 5.75 Å². The summed E-state index contributed by atoms with van der Waals surface area (Å²) in [5.74, 6) is 2.01. The highest BCUT2D eigenvalue weighted by molar-refractivity contribution is 7.98. The second-order valence-electron chi connectivity index (χ2n) is 5.51. The summed E-state index contributed by atoms with van der Waals surface area (Å²) < 4.78 is 10.6. The van der Waals surface area contributed by atoms with Crippen LogP contribution < -0.4 is 20.5 Å². The minimum atomic E-state index is -0.196. The van der Waals surface area contributed by atoms with E-state index in [0.29, 0.717) is 33.7 Å². The van der Waals surface area contributed by atoms with Crippen molar-refractivity contribution in [2.45, 2.75) is 10.9 Å². The average Bonchev–Trinajstić information content (AvgIpc) is 3.28. The largest absolute Gasteiger partial charge is 0.454 e. The Morgan fingerprint density at radius 2 is 2.12 bits per heavy atom. The molecule has 3 aromatic rings. The quantitative estimate of drug-likeness (QED) is 0.592. The average molecular weight is 369 g/mol. The summed E-state index contributed by atoms with van der Waals surface area (Å²) in [5.41, 5.74) is 7.70. The van der Waals surface area contributed by atoms with Crippen LogP contribution in [0.1, 0.15) is 15.9 Å². The van der Waals surface area contributed by atoms with E-state index in [1.54, 1.807) is 24.3 Å². The number of ether oxygens (including phenoxy) is 2. The van der Waals surface area contributed by atoms with Gasteiger partial charge in [0.05, 0.1) is 0 Å². The molecule has 0 atom stereocenters. The first kappa shape index (κ1) is 16.3. The lowest BCUT2D eigenvalue weighted by Crippen LogP contribution is -2.12. The van der Waals surface area contributed by atoms with Crippen LogP contribution in [0.4, 0.5) is 11.6 Å². The van der Waals surface area contributed by atoms with Crippen LogP contribution in [0.3, 0.4) is 0 Å². The zero-order chi connectivity index (χ0) is 17.9. The SMILES string of the molecule is Nc1nc(SCc2cccc(C(=O)Nc3ccc4c(c3)OCO4)c2)n[nH]1. The number of nitrogen functional groups attached to an aromatic ring is 1. The smallest absolute Gasteiger partial charge is 0.255 e. The Morgan fingerprint density at radius 3 is 2.96 bits per heavy atom. The highest BCUT2D eigenvalue weighted by Gasteiger charge is 2.15. The number of thioether (sulfide) groups is 1. The van der Waals surface area contributed by atoms with Crippen LogP contribution in [0.2, 0.25) is 0 Å². The molecular formula is C17H15N5O3S. The Kier molecular flexibility index (Phi) is 4.36. The van der Waals surface area contributed by atoms with Crippen LogP contribution in [-0.4, -0.2) is 27.9 Å². The molecule has 1 amide bonds. The zero-order valence-corrected chi connectivity index (χ0v) is 14.4. The van der Waals surface area contributed by atoms with Crippen LogP contribution >= 0.6 is 11.8 Å². The van der Waals surface area contributed by atoms with Crippen molar-refractivity contribution in [1.29, 1.82) is 0 Å². The van der Waals surface area contributed by atoms with Gasteiger partial charge in [-0.1, -0.05) is 23.9 Å². The Bertz CT molecular complexity index is 959. The standard InChI is InChI=1S/C17H15N5O3S/c18-16-20-17(22-21-16)26-8-10-2-1-3-11(6-10)15(23)19-12-4-5-13-14(7-12)25-9-24-13/h1-7H,8-9H2,(H,19,23)(H3,18,20,21,22). The van der Waals surface area contributed by atoms with E-state index >= 15 is 0 Å². The Labute approximate surface area is 153 Å². The molecule has 0 fully saturated rings. The summed E-state index contributed by atoms with van der Waals surface area (Å²) in [4.78, 5) is 16.5. The minimum Gasteiger partial charge on any atom is -0.454 e. The third-order valence-electron chi connectivity index (χ3n) is 3.67. The van der Waals surface area contributed by atoms with E-state index in [4.69, 9.17) is 15.2 Å². The van der Waals surface area contributed by atoms with Gasteiger partial charge in [0, 0.05) is 23.1 Å². The number of hydrogen-bond acceptors (Lipinski definition) is 7. The van der Waals surface area contributed by atoms with E-state index in [9.17, 15) is 4.79 Å². The van der Waals surface area contributed by atoms with Gasteiger partial charge in [-0.05, 0) is 29.8 Å². The summed E-state index contributed by atoms with van der Waals surface area (Å²) in [6.45, 7) is 0.197. The van der Waals surface area contributed by atoms with Crippen molar-refractivity contribution < 1.29 is 14.3 Å². The normalized spacial score (nSPS) is 12.2. The van der Waals surface area contributed by atoms with E-state index in [1.165, 1.54) is 11.8 Å². The summed E-state index contributed by atoms with van der Waals surface area (Å²) in [6.07, 6.45) is 0. The highest BCUT2D eigenvalue weighted by Crippen LogP contribution is 2.34. The molecule has 4 N–H and O–H groups in total. The van der Waals surface area contributed by atoms with Gasteiger partial charge in [0.15, 0.2) is 11.5 Å². The van der Waals surface area contributed by atoms with Crippen molar-refractivity contribution in [1.82, 2.24) is 15.2 Å².